The number of likely N-dealkylation sites (N-methyl/N-ethyl adjacent to an activating group) is 1. The monoisotopic (exact) mass is 437 g/mol. The van der Waals surface area contributed by atoms with Gasteiger partial charge in [-0.05, 0) is 32.3 Å². The summed E-state index contributed by atoms with van der Waals surface area (Å²) < 4.78 is 1.49. The first-order chi connectivity index (χ1) is 15.3. The van der Waals surface area contributed by atoms with Crippen molar-refractivity contribution in [2.45, 2.75) is 70.6 Å². The number of carbonyl (C=O) groups excluding carboxylic acids is 3. The van der Waals surface area contributed by atoms with Crippen LogP contribution in [0.1, 0.15) is 71.1 Å². The van der Waals surface area contributed by atoms with E-state index in [4.69, 9.17) is 0 Å². The molecule has 1 unspecified atom stereocenters. The summed E-state index contributed by atoms with van der Waals surface area (Å²) >= 11 is 0. The third kappa shape index (κ3) is 4.26. The van der Waals surface area contributed by atoms with Gasteiger partial charge in [0, 0.05) is 25.7 Å². The number of fused-ring (bicyclic) bond motifs is 1. The Balaban J connectivity index is 1.47. The fourth-order valence-electron chi connectivity index (χ4n) is 4.42. The molecule has 0 radical (unpaired) electrons. The predicted molar refractivity (Wildman–Crippen MR) is 120 cm³/mol. The maximum Gasteiger partial charge on any atom is 0.272 e. The van der Waals surface area contributed by atoms with Crippen LogP contribution in [0.5, 0.6) is 0 Å². The molecule has 0 bridgehead atoms. The van der Waals surface area contributed by atoms with Crippen LogP contribution >= 0.6 is 0 Å². The minimum Gasteiger partial charge on any atom is -0.350 e. The molecule has 1 aromatic carbocycles. The standard InChI is InChI=1S/C24H31N5O3/c1-16-9-11-17(12-10-16)14-25-23(32)24(2)15-29-20(22(31)28(24)3)13-19(27-29)21(30)26-18-7-5-4-6-8-18/h9-13,18H,4-8,14-15H2,1-3H3,(H,25,32)(H,26,30). The molecule has 2 N–H and O–H groups in total. The van der Waals surface area contributed by atoms with Gasteiger partial charge >= 0.3 is 0 Å². The summed E-state index contributed by atoms with van der Waals surface area (Å²) in [7, 11) is 1.62. The van der Waals surface area contributed by atoms with Crippen LogP contribution in [-0.4, -0.2) is 51.0 Å². The summed E-state index contributed by atoms with van der Waals surface area (Å²) in [6, 6.07) is 9.62. The average Bonchev–Trinajstić information content (AvgIpc) is 3.21. The van der Waals surface area contributed by atoms with Gasteiger partial charge in [-0.2, -0.15) is 5.10 Å². The molecule has 2 heterocycles. The smallest absolute Gasteiger partial charge is 0.272 e. The lowest BCUT2D eigenvalue weighted by Gasteiger charge is -2.40. The Morgan fingerprint density at radius 2 is 1.84 bits per heavy atom. The Bertz CT molecular complexity index is 1020. The number of carbonyl (C=O) groups is 3. The van der Waals surface area contributed by atoms with E-state index in [-0.39, 0.29) is 36.0 Å². The number of hydrogen-bond acceptors (Lipinski definition) is 4. The first kappa shape index (κ1) is 22.0. The number of rotatable bonds is 5. The number of hydrogen-bond donors (Lipinski definition) is 2. The highest BCUT2D eigenvalue weighted by Gasteiger charge is 2.46. The highest BCUT2D eigenvalue weighted by Crippen LogP contribution is 2.26. The maximum atomic E-state index is 13.1. The van der Waals surface area contributed by atoms with Crippen LogP contribution in [0.4, 0.5) is 0 Å². The Kier molecular flexibility index (Phi) is 6.04. The van der Waals surface area contributed by atoms with Crippen molar-refractivity contribution >= 4 is 17.7 Å². The highest BCUT2D eigenvalue weighted by atomic mass is 16.2. The van der Waals surface area contributed by atoms with Crippen molar-refractivity contribution < 1.29 is 14.4 Å². The number of aromatic nitrogens is 2. The topological polar surface area (TPSA) is 96.3 Å². The molecule has 2 aromatic rings. The first-order valence-corrected chi connectivity index (χ1v) is 11.3. The van der Waals surface area contributed by atoms with Crippen molar-refractivity contribution in [2.24, 2.45) is 0 Å². The van der Waals surface area contributed by atoms with Gasteiger partial charge in [0.25, 0.3) is 11.8 Å². The molecule has 0 spiro atoms. The van der Waals surface area contributed by atoms with Crippen molar-refractivity contribution in [1.82, 2.24) is 25.3 Å². The second-order valence-corrected chi connectivity index (χ2v) is 9.19. The molecule has 32 heavy (non-hydrogen) atoms. The van der Waals surface area contributed by atoms with Crippen LogP contribution in [0, 0.1) is 6.92 Å². The molecule has 1 saturated carbocycles. The SMILES string of the molecule is Cc1ccc(CNC(=O)C2(C)Cn3nc(C(=O)NC4CCCCC4)cc3C(=O)N2C)cc1. The fraction of sp³-hybridized carbons (Fsp3) is 0.500. The van der Waals surface area contributed by atoms with E-state index in [0.29, 0.717) is 12.2 Å². The molecule has 0 saturated heterocycles. The predicted octanol–water partition coefficient (Wildman–Crippen LogP) is 2.41. The number of benzene rings is 1. The molecule has 1 fully saturated rings. The van der Waals surface area contributed by atoms with E-state index in [1.807, 2.05) is 31.2 Å². The maximum absolute atomic E-state index is 13.1. The van der Waals surface area contributed by atoms with E-state index in [9.17, 15) is 14.4 Å². The van der Waals surface area contributed by atoms with E-state index in [0.717, 1.165) is 36.8 Å². The highest BCUT2D eigenvalue weighted by molar-refractivity contribution is 6.01. The zero-order valence-corrected chi connectivity index (χ0v) is 19.0. The second-order valence-electron chi connectivity index (χ2n) is 9.19. The van der Waals surface area contributed by atoms with Crippen molar-refractivity contribution in [3.63, 3.8) is 0 Å². The summed E-state index contributed by atoms with van der Waals surface area (Å²) in [5.74, 6) is -0.850. The number of amides is 3. The van der Waals surface area contributed by atoms with Crippen molar-refractivity contribution in [2.75, 3.05) is 7.05 Å². The molecule has 1 aliphatic carbocycles. The van der Waals surface area contributed by atoms with Gasteiger partial charge in [0.2, 0.25) is 5.91 Å². The van der Waals surface area contributed by atoms with Gasteiger partial charge in [0.05, 0.1) is 6.54 Å². The summed E-state index contributed by atoms with van der Waals surface area (Å²) in [6.07, 6.45) is 5.38. The zero-order chi connectivity index (χ0) is 22.9. The van der Waals surface area contributed by atoms with Crippen LogP contribution < -0.4 is 10.6 Å². The van der Waals surface area contributed by atoms with E-state index in [2.05, 4.69) is 15.7 Å². The largest absolute Gasteiger partial charge is 0.350 e. The van der Waals surface area contributed by atoms with Crippen LogP contribution in [0.15, 0.2) is 30.3 Å². The second kappa shape index (κ2) is 8.76. The van der Waals surface area contributed by atoms with Gasteiger partial charge in [0.15, 0.2) is 5.69 Å². The van der Waals surface area contributed by atoms with E-state index in [1.165, 1.54) is 22.1 Å². The minimum absolute atomic E-state index is 0.158. The first-order valence-electron chi connectivity index (χ1n) is 11.3. The van der Waals surface area contributed by atoms with Crippen molar-refractivity contribution in [1.29, 1.82) is 0 Å². The van der Waals surface area contributed by atoms with Gasteiger partial charge in [-0.1, -0.05) is 49.1 Å². The summed E-state index contributed by atoms with van der Waals surface area (Å²) in [5.41, 5.74) is 1.57. The third-order valence-corrected chi connectivity index (χ3v) is 6.74. The molecule has 8 nitrogen and oxygen atoms in total. The van der Waals surface area contributed by atoms with Gasteiger partial charge in [0.1, 0.15) is 11.2 Å². The van der Waals surface area contributed by atoms with Crippen LogP contribution in [0.3, 0.4) is 0 Å². The minimum atomic E-state index is -1.11. The Labute approximate surface area is 188 Å². The Morgan fingerprint density at radius 3 is 2.53 bits per heavy atom. The quantitative estimate of drug-likeness (QED) is 0.751. The molecule has 8 heteroatoms. The molecule has 1 atom stereocenters. The lowest BCUT2D eigenvalue weighted by molar-refractivity contribution is -0.132. The van der Waals surface area contributed by atoms with Gasteiger partial charge in [-0.3, -0.25) is 19.1 Å². The van der Waals surface area contributed by atoms with E-state index >= 15 is 0 Å². The van der Waals surface area contributed by atoms with Crippen molar-refractivity contribution in [3.8, 4) is 0 Å². The molecular formula is C24H31N5O3. The van der Waals surface area contributed by atoms with Gasteiger partial charge in [-0.15, -0.1) is 0 Å². The summed E-state index contributed by atoms with van der Waals surface area (Å²) in [4.78, 5) is 40.3. The average molecular weight is 438 g/mol. The number of aryl methyl sites for hydroxylation is 1. The number of nitrogens with zero attached hydrogens (tertiary/aromatic N) is 3. The molecule has 3 amide bonds. The Morgan fingerprint density at radius 1 is 1.16 bits per heavy atom. The normalized spacial score (nSPS) is 21.2. The number of nitrogens with one attached hydrogen (secondary N) is 2. The van der Waals surface area contributed by atoms with Crippen molar-refractivity contribution in [3.05, 3.63) is 52.8 Å². The molecule has 1 aromatic heterocycles. The van der Waals surface area contributed by atoms with Crippen LogP contribution in [-0.2, 0) is 17.9 Å². The summed E-state index contributed by atoms with van der Waals surface area (Å²) in [5, 5.41) is 10.4. The van der Waals surface area contributed by atoms with Gasteiger partial charge in [-0.25, -0.2) is 0 Å². The third-order valence-electron chi connectivity index (χ3n) is 6.74. The Hall–Kier alpha value is -3.16. The molecular weight excluding hydrogens is 406 g/mol. The summed E-state index contributed by atoms with van der Waals surface area (Å²) in [6.45, 7) is 4.29. The lowest BCUT2D eigenvalue weighted by Crippen LogP contribution is -2.62. The van der Waals surface area contributed by atoms with Gasteiger partial charge < -0.3 is 15.5 Å². The van der Waals surface area contributed by atoms with E-state index < -0.39 is 5.54 Å². The van der Waals surface area contributed by atoms with Crippen LogP contribution in [0.25, 0.3) is 0 Å². The zero-order valence-electron chi connectivity index (χ0n) is 19.0. The van der Waals surface area contributed by atoms with Crippen LogP contribution in [0.2, 0.25) is 0 Å². The molecule has 170 valence electrons. The van der Waals surface area contributed by atoms with E-state index in [1.54, 1.807) is 14.0 Å². The molecule has 2 aliphatic rings. The lowest BCUT2D eigenvalue weighted by atomic mass is 9.95. The molecule has 4 rings (SSSR count). The fourth-order valence-corrected chi connectivity index (χ4v) is 4.42. The molecule has 1 aliphatic heterocycles.